The molecule has 6 nitrogen and oxygen atoms in total. The zero-order valence-electron chi connectivity index (χ0n) is 10.1. The van der Waals surface area contributed by atoms with E-state index in [1.165, 1.54) is 26.2 Å². The number of benzene rings is 1. The van der Waals surface area contributed by atoms with Crippen LogP contribution in [0.3, 0.4) is 0 Å². The molecular weight excluding hydrogens is 238 g/mol. The second-order valence-electron chi connectivity index (χ2n) is 3.70. The molecule has 2 atom stereocenters. The summed E-state index contributed by atoms with van der Waals surface area (Å²) in [6.45, 7) is 1.38. The monoisotopic (exact) mass is 253 g/mol. The molecule has 1 rings (SSSR count). The Morgan fingerprint density at radius 1 is 1.22 bits per heavy atom. The van der Waals surface area contributed by atoms with Crippen molar-refractivity contribution in [2.45, 2.75) is 19.1 Å². The average Bonchev–Trinajstić information content (AvgIpc) is 2.37. The van der Waals surface area contributed by atoms with E-state index in [9.17, 15) is 14.7 Å². The van der Waals surface area contributed by atoms with Gasteiger partial charge in [-0.15, -0.1) is 0 Å². The highest BCUT2D eigenvalue weighted by molar-refractivity contribution is 5.90. The fraction of sp³-hybridized carbons (Fsp3) is 0.333. The van der Waals surface area contributed by atoms with Gasteiger partial charge in [0.05, 0.1) is 7.11 Å². The summed E-state index contributed by atoms with van der Waals surface area (Å²) in [5, 5.41) is 9.67. The van der Waals surface area contributed by atoms with Gasteiger partial charge in [0, 0.05) is 0 Å². The third-order valence-electron chi connectivity index (χ3n) is 2.23. The first kappa shape index (κ1) is 14.1. The zero-order chi connectivity index (χ0) is 13.7. The molecule has 0 unspecified atom stereocenters. The molecule has 98 valence electrons. The fourth-order valence-electron chi connectivity index (χ4n) is 1.17. The summed E-state index contributed by atoms with van der Waals surface area (Å²) < 4.78 is 9.34. The summed E-state index contributed by atoms with van der Waals surface area (Å²) in [5.74, 6) is -1.35. The summed E-state index contributed by atoms with van der Waals surface area (Å²) in [5.41, 5.74) is 5.54. The lowest BCUT2D eigenvalue weighted by Gasteiger charge is -2.11. The number of ether oxygens (including phenoxy) is 2. The van der Waals surface area contributed by atoms with Crippen LogP contribution in [0.2, 0.25) is 0 Å². The number of rotatable bonds is 4. The van der Waals surface area contributed by atoms with Crippen LogP contribution in [0.1, 0.15) is 18.6 Å². The quantitative estimate of drug-likeness (QED) is 0.585. The molecule has 0 aliphatic carbocycles. The number of aliphatic hydroxyl groups is 1. The molecule has 1 aromatic carbocycles. The topological polar surface area (TPSA) is 98.9 Å². The normalized spacial score (nSPS) is 13.6. The maximum absolute atomic E-state index is 11.4. The number of hydrogen-bond donors (Lipinski definition) is 2. The van der Waals surface area contributed by atoms with Crippen molar-refractivity contribution in [2.75, 3.05) is 7.11 Å². The Hall–Kier alpha value is -1.92. The highest BCUT2D eigenvalue weighted by Gasteiger charge is 2.23. The van der Waals surface area contributed by atoms with Crippen molar-refractivity contribution >= 4 is 11.9 Å². The van der Waals surface area contributed by atoms with E-state index in [2.05, 4.69) is 4.74 Å². The highest BCUT2D eigenvalue weighted by atomic mass is 16.6. The van der Waals surface area contributed by atoms with E-state index in [1.807, 2.05) is 0 Å². The van der Waals surface area contributed by atoms with Crippen LogP contribution in [-0.2, 0) is 14.3 Å². The van der Waals surface area contributed by atoms with Gasteiger partial charge in [0.2, 0.25) is 0 Å². The Kier molecular flexibility index (Phi) is 4.82. The molecule has 18 heavy (non-hydrogen) atoms. The number of methoxy groups -OCH3 is 1. The van der Waals surface area contributed by atoms with E-state index in [4.69, 9.17) is 10.5 Å². The molecule has 0 bridgehead atoms. The van der Waals surface area contributed by atoms with Crippen LogP contribution in [0.4, 0.5) is 0 Å². The number of hydrogen-bond acceptors (Lipinski definition) is 6. The first-order valence-electron chi connectivity index (χ1n) is 5.29. The van der Waals surface area contributed by atoms with Gasteiger partial charge in [-0.2, -0.15) is 0 Å². The Morgan fingerprint density at radius 3 is 2.22 bits per heavy atom. The lowest BCUT2D eigenvalue weighted by atomic mass is 10.1. The van der Waals surface area contributed by atoms with Gasteiger partial charge in [-0.05, 0) is 24.6 Å². The van der Waals surface area contributed by atoms with Crippen molar-refractivity contribution in [1.29, 1.82) is 0 Å². The zero-order valence-corrected chi connectivity index (χ0v) is 10.1. The van der Waals surface area contributed by atoms with Crippen LogP contribution in [0.25, 0.3) is 0 Å². The number of carbonyl (C=O) groups is 2. The lowest BCUT2D eigenvalue weighted by molar-refractivity contribution is -0.166. The van der Waals surface area contributed by atoms with E-state index in [-0.39, 0.29) is 0 Å². The molecule has 0 fully saturated rings. The average molecular weight is 253 g/mol. The summed E-state index contributed by atoms with van der Waals surface area (Å²) in [6, 6.07) is 5.25. The van der Waals surface area contributed by atoms with Crippen molar-refractivity contribution in [3.63, 3.8) is 0 Å². The van der Waals surface area contributed by atoms with Gasteiger partial charge >= 0.3 is 11.9 Å². The minimum Gasteiger partial charge on any atom is -0.497 e. The van der Waals surface area contributed by atoms with Crippen LogP contribution in [0, 0.1) is 0 Å². The molecule has 0 heterocycles. The van der Waals surface area contributed by atoms with E-state index in [1.54, 1.807) is 12.1 Å². The Labute approximate surface area is 104 Å². The minimum absolute atomic E-state index is 0.304. The number of aliphatic hydroxyl groups excluding tert-OH is 1. The van der Waals surface area contributed by atoms with Gasteiger partial charge in [-0.3, -0.25) is 0 Å². The largest absolute Gasteiger partial charge is 0.497 e. The maximum Gasteiger partial charge on any atom is 0.347 e. The van der Waals surface area contributed by atoms with Gasteiger partial charge in [0.15, 0.2) is 6.10 Å². The number of nitrogens with two attached hydrogens (primary N) is 1. The second-order valence-corrected chi connectivity index (χ2v) is 3.70. The third kappa shape index (κ3) is 3.54. The van der Waals surface area contributed by atoms with Crippen molar-refractivity contribution in [1.82, 2.24) is 0 Å². The fourth-order valence-corrected chi connectivity index (χ4v) is 1.17. The van der Waals surface area contributed by atoms with Crippen LogP contribution >= 0.6 is 0 Å². The molecular formula is C12H15NO5. The molecule has 1 aromatic rings. The van der Waals surface area contributed by atoms with Crippen LogP contribution in [0.15, 0.2) is 24.3 Å². The standard InChI is InChI=1S/C12H15NO5/c1-7(13)11(15)18-12(16)10(14)8-3-5-9(17-2)6-4-8/h3-7,10,14H,13H2,1-2H3/t7-,10-/m0/s1. The summed E-state index contributed by atoms with van der Waals surface area (Å²) in [7, 11) is 1.50. The van der Waals surface area contributed by atoms with Gasteiger partial charge in [0.25, 0.3) is 0 Å². The molecule has 0 amide bonds. The third-order valence-corrected chi connectivity index (χ3v) is 2.23. The van der Waals surface area contributed by atoms with Crippen molar-refractivity contribution in [2.24, 2.45) is 5.73 Å². The van der Waals surface area contributed by atoms with Crippen molar-refractivity contribution in [3.8, 4) is 5.75 Å². The first-order chi connectivity index (χ1) is 8.45. The smallest absolute Gasteiger partial charge is 0.347 e. The van der Waals surface area contributed by atoms with E-state index in [0.717, 1.165) is 0 Å². The summed E-state index contributed by atoms with van der Waals surface area (Å²) in [4.78, 5) is 22.5. The molecule has 6 heteroatoms. The Bertz CT molecular complexity index is 427. The van der Waals surface area contributed by atoms with Gasteiger partial charge in [-0.1, -0.05) is 12.1 Å². The molecule has 0 spiro atoms. The second kappa shape index (κ2) is 6.13. The van der Waals surface area contributed by atoms with Gasteiger partial charge in [-0.25, -0.2) is 9.59 Å². The highest BCUT2D eigenvalue weighted by Crippen LogP contribution is 2.18. The van der Waals surface area contributed by atoms with E-state index in [0.29, 0.717) is 11.3 Å². The molecule has 3 N–H and O–H groups in total. The molecule has 0 saturated heterocycles. The van der Waals surface area contributed by atoms with Gasteiger partial charge in [0.1, 0.15) is 11.8 Å². The molecule has 0 radical (unpaired) electrons. The maximum atomic E-state index is 11.4. The lowest BCUT2D eigenvalue weighted by Crippen LogP contribution is -2.32. The SMILES string of the molecule is COc1ccc([C@H](O)C(=O)OC(=O)[C@H](C)N)cc1. The predicted octanol–water partition coefficient (Wildman–Crippen LogP) is 0.146. The van der Waals surface area contributed by atoms with E-state index >= 15 is 0 Å². The molecule has 0 aromatic heterocycles. The molecule has 0 aliphatic heterocycles. The Balaban J connectivity index is 2.70. The molecule has 0 aliphatic rings. The first-order valence-corrected chi connectivity index (χ1v) is 5.29. The van der Waals surface area contributed by atoms with Crippen LogP contribution < -0.4 is 10.5 Å². The summed E-state index contributed by atoms with van der Waals surface area (Å²) >= 11 is 0. The predicted molar refractivity (Wildman–Crippen MR) is 62.7 cm³/mol. The van der Waals surface area contributed by atoms with Gasteiger partial charge < -0.3 is 20.3 Å². The number of carbonyl (C=O) groups excluding carboxylic acids is 2. The van der Waals surface area contributed by atoms with Crippen molar-refractivity contribution < 1.29 is 24.2 Å². The van der Waals surface area contributed by atoms with Crippen LogP contribution in [-0.4, -0.2) is 30.2 Å². The number of esters is 2. The van der Waals surface area contributed by atoms with E-state index < -0.39 is 24.1 Å². The van der Waals surface area contributed by atoms with Crippen molar-refractivity contribution in [3.05, 3.63) is 29.8 Å². The minimum atomic E-state index is -1.53. The summed E-state index contributed by atoms with van der Waals surface area (Å²) in [6.07, 6.45) is -1.53. The molecule has 0 saturated carbocycles. The van der Waals surface area contributed by atoms with Crippen LogP contribution in [0.5, 0.6) is 5.75 Å². The Morgan fingerprint density at radius 2 is 1.78 bits per heavy atom.